The van der Waals surface area contributed by atoms with Crippen molar-refractivity contribution in [3.05, 3.63) is 191 Å². The molecule has 0 fully saturated rings. The molecule has 0 N–H and O–H groups in total. The van der Waals surface area contributed by atoms with Gasteiger partial charge in [-0.2, -0.15) is 0 Å². The lowest BCUT2D eigenvalue weighted by Gasteiger charge is -2.42. The molecule has 0 spiro atoms. The standard InChI is InChI=1S/C64H63BClNS/c1-61(2,3)46-30-44(31-47(36-46)62(4,5)6)42-26-28-53-55(34-42)67(60-51(40-20-15-13-16-21-40)24-19-25-52(60)41-22-17-14-18-23-41)56-38-50(66)39-58-59(56)65(53)54-29-27-43(35-57(54)68-58)45-32-48(63(7,8)9)37-49(33-45)64(10,11)12/h13-39H,1-12H3. The zero-order valence-corrected chi connectivity index (χ0v) is 43.5. The first-order valence-electron chi connectivity index (χ1n) is 24.3. The van der Waals surface area contributed by atoms with Crippen molar-refractivity contribution in [3.8, 4) is 44.5 Å². The Kier molecular flexibility index (Phi) is 11.3. The SMILES string of the molecule is CC(C)(C)c1cc(-c2ccc3c(c2)Sc2cc(Cl)cc4c2B3c2ccc(-c3cc(C(C)(C)C)cc(C(C)(C)C)c3)cc2N4c2c(-c3ccccc3)cccc2-c2ccccc2)cc(C(C)(C)C)c1. The first kappa shape index (κ1) is 46.0. The Morgan fingerprint density at radius 3 is 1.31 bits per heavy atom. The Morgan fingerprint density at radius 1 is 0.382 bits per heavy atom. The minimum atomic E-state index is -0.0216. The van der Waals surface area contributed by atoms with E-state index in [-0.39, 0.29) is 28.4 Å². The lowest BCUT2D eigenvalue weighted by molar-refractivity contribution is 0.568. The number of halogens is 1. The van der Waals surface area contributed by atoms with Crippen LogP contribution in [-0.4, -0.2) is 6.71 Å². The second-order valence-corrected chi connectivity index (χ2v) is 24.8. The molecule has 0 aromatic heterocycles. The van der Waals surface area contributed by atoms with Gasteiger partial charge in [0.2, 0.25) is 6.71 Å². The highest BCUT2D eigenvalue weighted by molar-refractivity contribution is 8.00. The minimum absolute atomic E-state index is 0.0102. The second-order valence-electron chi connectivity index (χ2n) is 23.3. The highest BCUT2D eigenvalue weighted by atomic mass is 35.5. The van der Waals surface area contributed by atoms with Crippen LogP contribution in [0.2, 0.25) is 5.02 Å². The maximum atomic E-state index is 7.41. The molecule has 0 saturated carbocycles. The van der Waals surface area contributed by atoms with E-state index in [4.69, 9.17) is 11.6 Å². The van der Waals surface area contributed by atoms with Crippen molar-refractivity contribution in [1.29, 1.82) is 0 Å². The average molecular weight is 925 g/mol. The van der Waals surface area contributed by atoms with Gasteiger partial charge in [0.05, 0.1) is 5.69 Å². The van der Waals surface area contributed by atoms with Gasteiger partial charge >= 0.3 is 0 Å². The van der Waals surface area contributed by atoms with E-state index >= 15 is 0 Å². The third-order valence-corrected chi connectivity index (χ3v) is 15.5. The first-order chi connectivity index (χ1) is 32.1. The molecule has 340 valence electrons. The maximum Gasteiger partial charge on any atom is 0.249 e. The van der Waals surface area contributed by atoms with Crippen LogP contribution in [0.5, 0.6) is 0 Å². The van der Waals surface area contributed by atoms with Gasteiger partial charge < -0.3 is 4.90 Å². The van der Waals surface area contributed by atoms with Crippen LogP contribution in [0, 0.1) is 0 Å². The Hall–Kier alpha value is -5.74. The highest BCUT2D eigenvalue weighted by Crippen LogP contribution is 2.51. The van der Waals surface area contributed by atoms with Crippen LogP contribution < -0.4 is 21.3 Å². The molecular formula is C64H63BClNS. The van der Waals surface area contributed by atoms with Crippen LogP contribution in [0.4, 0.5) is 17.1 Å². The second kappa shape index (κ2) is 16.7. The van der Waals surface area contributed by atoms with Gasteiger partial charge in [0.1, 0.15) is 0 Å². The van der Waals surface area contributed by atoms with Crippen molar-refractivity contribution in [2.24, 2.45) is 0 Å². The number of rotatable bonds is 5. The highest BCUT2D eigenvalue weighted by Gasteiger charge is 2.42. The van der Waals surface area contributed by atoms with E-state index in [0.717, 1.165) is 16.4 Å². The predicted octanol–water partition coefficient (Wildman–Crippen LogP) is 17.0. The van der Waals surface area contributed by atoms with E-state index in [1.165, 1.54) is 98.6 Å². The molecule has 0 saturated heterocycles. The molecule has 0 amide bonds. The lowest BCUT2D eigenvalue weighted by atomic mass is 9.34. The van der Waals surface area contributed by atoms with Crippen LogP contribution in [0.1, 0.15) is 105 Å². The van der Waals surface area contributed by atoms with E-state index < -0.39 is 0 Å². The van der Waals surface area contributed by atoms with Gasteiger partial charge in [0.15, 0.2) is 0 Å². The van der Waals surface area contributed by atoms with Crippen LogP contribution in [0.25, 0.3) is 44.5 Å². The van der Waals surface area contributed by atoms with Crippen LogP contribution in [0.3, 0.4) is 0 Å². The molecule has 2 aliphatic heterocycles. The van der Waals surface area contributed by atoms with Crippen molar-refractivity contribution in [2.75, 3.05) is 4.90 Å². The van der Waals surface area contributed by atoms with Gasteiger partial charge in [-0.15, -0.1) is 0 Å². The van der Waals surface area contributed by atoms with Crippen LogP contribution >= 0.6 is 23.4 Å². The fourth-order valence-electron chi connectivity index (χ4n) is 10.1. The number of anilines is 3. The normalized spacial score (nSPS) is 13.5. The van der Waals surface area contributed by atoms with Crippen molar-refractivity contribution < 1.29 is 0 Å². The summed E-state index contributed by atoms with van der Waals surface area (Å²) in [6.07, 6.45) is 0. The Labute approximate surface area is 416 Å². The van der Waals surface area contributed by atoms with Gasteiger partial charge in [-0.05, 0) is 112 Å². The fourth-order valence-corrected chi connectivity index (χ4v) is 11.6. The first-order valence-corrected chi connectivity index (χ1v) is 25.5. The molecule has 68 heavy (non-hydrogen) atoms. The Morgan fingerprint density at radius 2 is 0.838 bits per heavy atom. The van der Waals surface area contributed by atoms with E-state index in [9.17, 15) is 0 Å². The molecule has 0 unspecified atom stereocenters. The molecule has 2 heterocycles. The summed E-state index contributed by atoms with van der Waals surface area (Å²) in [7, 11) is 0. The number of benzene rings is 8. The maximum absolute atomic E-state index is 7.41. The average Bonchev–Trinajstić information content (AvgIpc) is 3.30. The van der Waals surface area contributed by atoms with Gasteiger partial charge in [0.25, 0.3) is 0 Å². The molecule has 4 heteroatoms. The van der Waals surface area contributed by atoms with Crippen molar-refractivity contribution >= 4 is 63.5 Å². The molecule has 10 rings (SSSR count). The van der Waals surface area contributed by atoms with Gasteiger partial charge in [-0.1, -0.05) is 251 Å². The summed E-state index contributed by atoms with van der Waals surface area (Å²) in [6.45, 7) is 27.9. The fraction of sp³-hybridized carbons (Fsp3) is 0.250. The summed E-state index contributed by atoms with van der Waals surface area (Å²) in [5.41, 5.74) is 22.4. The number of nitrogens with zero attached hydrogens (tertiary/aromatic N) is 1. The number of hydrogen-bond donors (Lipinski definition) is 0. The lowest BCUT2D eigenvalue weighted by Crippen LogP contribution is -2.59. The van der Waals surface area contributed by atoms with E-state index in [0.29, 0.717) is 0 Å². The third-order valence-electron chi connectivity index (χ3n) is 14.2. The van der Waals surface area contributed by atoms with Gasteiger partial charge in [-0.3, -0.25) is 0 Å². The molecule has 0 atom stereocenters. The zero-order valence-electron chi connectivity index (χ0n) is 41.9. The summed E-state index contributed by atoms with van der Waals surface area (Å²) < 4.78 is 0. The number of fused-ring (bicyclic) bond motifs is 4. The van der Waals surface area contributed by atoms with E-state index in [2.05, 4.69) is 252 Å². The Balaban J connectivity index is 1.26. The van der Waals surface area contributed by atoms with Crippen molar-refractivity contribution in [3.63, 3.8) is 0 Å². The summed E-state index contributed by atoms with van der Waals surface area (Å²) in [5.74, 6) is 0. The smallest absolute Gasteiger partial charge is 0.249 e. The summed E-state index contributed by atoms with van der Waals surface area (Å²) >= 11 is 9.27. The zero-order chi connectivity index (χ0) is 48.1. The predicted molar refractivity (Wildman–Crippen MR) is 298 cm³/mol. The molecule has 0 radical (unpaired) electrons. The molecule has 0 aliphatic carbocycles. The molecule has 8 aromatic rings. The van der Waals surface area contributed by atoms with Crippen LogP contribution in [-0.2, 0) is 21.7 Å². The summed E-state index contributed by atoms with van der Waals surface area (Å²) in [6, 6.07) is 62.0. The van der Waals surface area contributed by atoms with Crippen LogP contribution in [0.15, 0.2) is 174 Å². The monoisotopic (exact) mass is 923 g/mol. The number of hydrogen-bond acceptors (Lipinski definition) is 2. The minimum Gasteiger partial charge on any atom is -0.310 e. The van der Waals surface area contributed by atoms with Gasteiger partial charge in [-0.25, -0.2) is 0 Å². The number of para-hydroxylation sites is 1. The largest absolute Gasteiger partial charge is 0.310 e. The van der Waals surface area contributed by atoms with E-state index in [1.54, 1.807) is 0 Å². The molecular weight excluding hydrogens is 861 g/mol. The molecule has 2 aliphatic rings. The third kappa shape index (κ3) is 8.45. The molecule has 1 nitrogen and oxygen atoms in total. The quantitative estimate of drug-likeness (QED) is 0.158. The molecule has 8 aromatic carbocycles. The topological polar surface area (TPSA) is 3.24 Å². The molecule has 0 bridgehead atoms. The summed E-state index contributed by atoms with van der Waals surface area (Å²) in [5, 5.41) is 0.730. The summed E-state index contributed by atoms with van der Waals surface area (Å²) in [4.78, 5) is 5.04. The Bertz CT molecular complexity index is 3130. The van der Waals surface area contributed by atoms with Gasteiger partial charge in [0, 0.05) is 37.3 Å². The van der Waals surface area contributed by atoms with E-state index in [1.807, 2.05) is 11.8 Å². The van der Waals surface area contributed by atoms with Crippen molar-refractivity contribution in [2.45, 2.75) is 115 Å². The van der Waals surface area contributed by atoms with Crippen molar-refractivity contribution in [1.82, 2.24) is 0 Å².